The van der Waals surface area contributed by atoms with E-state index in [-0.39, 0.29) is 5.97 Å². The predicted molar refractivity (Wildman–Crippen MR) is 62.7 cm³/mol. The van der Waals surface area contributed by atoms with Crippen molar-refractivity contribution in [2.75, 3.05) is 0 Å². The van der Waals surface area contributed by atoms with Crippen LogP contribution in [-0.4, -0.2) is 5.97 Å². The van der Waals surface area contributed by atoms with E-state index in [0.29, 0.717) is 22.8 Å². The van der Waals surface area contributed by atoms with Crippen molar-refractivity contribution in [3.63, 3.8) is 0 Å². The number of benzene rings is 2. The molecule has 0 saturated heterocycles. The van der Waals surface area contributed by atoms with Gasteiger partial charge in [0.05, 0.1) is 0 Å². The predicted octanol–water partition coefficient (Wildman–Crippen LogP) is 3.32. The average molecular weight is 226 g/mol. The van der Waals surface area contributed by atoms with Gasteiger partial charge in [-0.3, -0.25) is 0 Å². The topological polar surface area (TPSA) is 35.5 Å². The first kappa shape index (κ1) is 9.90. The molecule has 0 atom stereocenters. The number of para-hydroxylation sites is 2. The summed E-state index contributed by atoms with van der Waals surface area (Å²) in [6.07, 6.45) is 0. The average Bonchev–Trinajstić information content (AvgIpc) is 2.45. The molecule has 3 nitrogen and oxygen atoms in total. The van der Waals surface area contributed by atoms with E-state index in [0.717, 1.165) is 5.56 Å². The van der Waals surface area contributed by atoms with Crippen LogP contribution in [0.25, 0.3) is 0 Å². The van der Waals surface area contributed by atoms with E-state index in [9.17, 15) is 4.79 Å². The zero-order valence-electron chi connectivity index (χ0n) is 9.27. The highest BCUT2D eigenvalue weighted by Crippen LogP contribution is 2.37. The molecular formula is C14H10O3. The zero-order valence-corrected chi connectivity index (χ0v) is 9.27. The van der Waals surface area contributed by atoms with Gasteiger partial charge in [0.2, 0.25) is 0 Å². The van der Waals surface area contributed by atoms with Gasteiger partial charge in [-0.25, -0.2) is 4.79 Å². The van der Waals surface area contributed by atoms with E-state index < -0.39 is 0 Å². The molecule has 0 spiro atoms. The van der Waals surface area contributed by atoms with Crippen LogP contribution in [0.2, 0.25) is 0 Å². The molecule has 2 aromatic carbocycles. The maximum atomic E-state index is 12.0. The summed E-state index contributed by atoms with van der Waals surface area (Å²) in [4.78, 5) is 12.0. The first-order chi connectivity index (χ1) is 8.25. The summed E-state index contributed by atoms with van der Waals surface area (Å²) in [5.74, 6) is 1.18. The first-order valence-electron chi connectivity index (χ1n) is 5.34. The van der Waals surface area contributed by atoms with Crippen LogP contribution in [0.1, 0.15) is 15.9 Å². The van der Waals surface area contributed by atoms with Gasteiger partial charge in [0.15, 0.2) is 11.5 Å². The molecule has 0 N–H and O–H groups in total. The quantitative estimate of drug-likeness (QED) is 0.510. The van der Waals surface area contributed by atoms with Crippen LogP contribution < -0.4 is 9.47 Å². The molecule has 0 unspecified atom stereocenters. The maximum absolute atomic E-state index is 12.0. The van der Waals surface area contributed by atoms with Gasteiger partial charge in [-0.2, -0.15) is 0 Å². The molecule has 0 bridgehead atoms. The second-order valence-electron chi connectivity index (χ2n) is 3.89. The fourth-order valence-corrected chi connectivity index (χ4v) is 1.88. The van der Waals surface area contributed by atoms with Gasteiger partial charge in [-0.15, -0.1) is 0 Å². The molecule has 0 aliphatic carbocycles. The molecule has 0 radical (unpaired) electrons. The lowest BCUT2D eigenvalue weighted by Crippen LogP contribution is -2.08. The summed E-state index contributed by atoms with van der Waals surface area (Å²) >= 11 is 0. The van der Waals surface area contributed by atoms with Gasteiger partial charge in [-0.05, 0) is 30.7 Å². The fourth-order valence-electron chi connectivity index (χ4n) is 1.88. The van der Waals surface area contributed by atoms with Crippen molar-refractivity contribution in [3.05, 3.63) is 53.6 Å². The van der Waals surface area contributed by atoms with Crippen molar-refractivity contribution in [3.8, 4) is 17.2 Å². The molecule has 1 heterocycles. The highest BCUT2D eigenvalue weighted by Gasteiger charge is 2.23. The highest BCUT2D eigenvalue weighted by molar-refractivity contribution is 5.96. The van der Waals surface area contributed by atoms with Crippen molar-refractivity contribution in [2.45, 2.75) is 6.92 Å². The number of carbonyl (C=O) groups is 1. The Balaban J connectivity index is 2.21. The summed E-state index contributed by atoms with van der Waals surface area (Å²) < 4.78 is 11.0. The summed E-state index contributed by atoms with van der Waals surface area (Å²) in [5.41, 5.74) is 1.34. The van der Waals surface area contributed by atoms with E-state index in [1.165, 1.54) is 0 Å². The summed E-state index contributed by atoms with van der Waals surface area (Å²) in [7, 11) is 0. The number of hydrogen-bond acceptors (Lipinski definition) is 3. The third-order valence-corrected chi connectivity index (χ3v) is 2.71. The lowest BCUT2D eigenvalue weighted by Gasteiger charge is -2.06. The van der Waals surface area contributed by atoms with Crippen LogP contribution in [0.4, 0.5) is 0 Å². The molecule has 0 fully saturated rings. The van der Waals surface area contributed by atoms with Gasteiger partial charge in [0.25, 0.3) is 0 Å². The highest BCUT2D eigenvalue weighted by atomic mass is 16.6. The molecule has 3 rings (SSSR count). The van der Waals surface area contributed by atoms with Crippen molar-refractivity contribution in [2.24, 2.45) is 0 Å². The zero-order chi connectivity index (χ0) is 11.8. The maximum Gasteiger partial charge on any atom is 0.347 e. The second kappa shape index (κ2) is 3.63. The summed E-state index contributed by atoms with van der Waals surface area (Å²) in [6, 6.07) is 12.6. The number of fused-ring (bicyclic) bond motifs is 2. The molecule has 0 amide bonds. The summed E-state index contributed by atoms with van der Waals surface area (Å²) in [6.45, 7) is 1.86. The Labute approximate surface area is 98.6 Å². The van der Waals surface area contributed by atoms with Crippen molar-refractivity contribution >= 4 is 5.97 Å². The Morgan fingerprint density at radius 2 is 1.47 bits per heavy atom. The number of aryl methyl sites for hydroxylation is 1. The largest absolute Gasteiger partial charge is 0.453 e. The van der Waals surface area contributed by atoms with Crippen LogP contribution >= 0.6 is 0 Å². The Bertz CT molecular complexity index is 602. The van der Waals surface area contributed by atoms with E-state index >= 15 is 0 Å². The number of rotatable bonds is 0. The second-order valence-corrected chi connectivity index (χ2v) is 3.89. The van der Waals surface area contributed by atoms with Crippen molar-refractivity contribution in [1.82, 2.24) is 0 Å². The SMILES string of the molecule is Cc1cccc2c1C(=O)Oc1ccccc1O2. The van der Waals surface area contributed by atoms with Crippen molar-refractivity contribution in [1.29, 1.82) is 0 Å². The Kier molecular flexibility index (Phi) is 2.11. The first-order valence-corrected chi connectivity index (χ1v) is 5.34. The van der Waals surface area contributed by atoms with E-state index in [2.05, 4.69) is 0 Å². The van der Waals surface area contributed by atoms with Crippen LogP contribution in [0.5, 0.6) is 17.2 Å². The molecule has 84 valence electrons. The summed E-state index contributed by atoms with van der Waals surface area (Å²) in [5, 5.41) is 0. The molecule has 2 aromatic rings. The number of hydrogen-bond donors (Lipinski definition) is 0. The van der Waals surface area contributed by atoms with Crippen molar-refractivity contribution < 1.29 is 14.3 Å². The lowest BCUT2D eigenvalue weighted by molar-refractivity contribution is 0.0737. The standard InChI is InChI=1S/C14H10O3/c1-9-5-4-8-12-13(9)14(15)17-11-7-3-2-6-10(11)16-12/h2-8H,1H3. The van der Waals surface area contributed by atoms with Gasteiger partial charge in [-0.1, -0.05) is 24.3 Å². The van der Waals surface area contributed by atoms with Gasteiger partial charge < -0.3 is 9.47 Å². The van der Waals surface area contributed by atoms with E-state index in [1.807, 2.05) is 25.1 Å². The molecule has 17 heavy (non-hydrogen) atoms. The van der Waals surface area contributed by atoms with Gasteiger partial charge >= 0.3 is 5.97 Å². The molecule has 1 aliphatic heterocycles. The lowest BCUT2D eigenvalue weighted by atomic mass is 10.1. The molecule has 3 heteroatoms. The van der Waals surface area contributed by atoms with Crippen LogP contribution in [0, 0.1) is 6.92 Å². The third kappa shape index (κ3) is 1.56. The molecule has 0 saturated carbocycles. The fraction of sp³-hybridized carbons (Fsp3) is 0.0714. The number of ether oxygens (including phenoxy) is 2. The molecule has 1 aliphatic rings. The normalized spacial score (nSPS) is 12.9. The minimum absolute atomic E-state index is 0.372. The smallest absolute Gasteiger partial charge is 0.347 e. The minimum atomic E-state index is -0.372. The van der Waals surface area contributed by atoms with Gasteiger partial charge in [0.1, 0.15) is 11.3 Å². The van der Waals surface area contributed by atoms with E-state index in [1.54, 1.807) is 24.3 Å². The molecule has 0 aromatic heterocycles. The van der Waals surface area contributed by atoms with Crippen LogP contribution in [-0.2, 0) is 0 Å². The number of esters is 1. The number of carbonyl (C=O) groups excluding carboxylic acids is 1. The molecular weight excluding hydrogens is 216 g/mol. The Morgan fingerprint density at radius 3 is 2.24 bits per heavy atom. The third-order valence-electron chi connectivity index (χ3n) is 2.71. The van der Waals surface area contributed by atoms with Crippen LogP contribution in [0.3, 0.4) is 0 Å². The monoisotopic (exact) mass is 226 g/mol. The van der Waals surface area contributed by atoms with Crippen LogP contribution in [0.15, 0.2) is 42.5 Å². The van der Waals surface area contributed by atoms with E-state index in [4.69, 9.17) is 9.47 Å². The van der Waals surface area contributed by atoms with Gasteiger partial charge in [0, 0.05) is 0 Å². The minimum Gasteiger partial charge on any atom is -0.453 e. The Hall–Kier alpha value is -2.29. The Morgan fingerprint density at radius 1 is 0.824 bits per heavy atom.